The number of hydrogen-bond acceptors (Lipinski definition) is 5. The van der Waals surface area contributed by atoms with Crippen LogP contribution in [0.4, 0.5) is 4.79 Å². The van der Waals surface area contributed by atoms with Crippen LogP contribution in [0.15, 0.2) is 24.3 Å². The Morgan fingerprint density at radius 1 is 1.13 bits per heavy atom. The highest BCUT2D eigenvalue weighted by atomic mass is 35.5. The van der Waals surface area contributed by atoms with Gasteiger partial charge >= 0.3 is 23.8 Å². The Morgan fingerprint density at radius 2 is 1.78 bits per heavy atom. The molecule has 4 amide bonds. The molecule has 7 nitrogen and oxygen atoms in total. The molecule has 0 spiro atoms. The van der Waals surface area contributed by atoms with E-state index >= 15 is 0 Å². The third-order valence-electron chi connectivity index (χ3n) is 3.29. The first-order valence-electron chi connectivity index (χ1n) is 7.02. The zero-order valence-corrected chi connectivity index (χ0v) is 13.2. The highest BCUT2D eigenvalue weighted by Gasteiger charge is 2.45. The minimum absolute atomic E-state index is 0.00641. The van der Waals surface area contributed by atoms with Crippen molar-refractivity contribution in [2.24, 2.45) is 0 Å². The van der Waals surface area contributed by atoms with Gasteiger partial charge in [-0.05, 0) is 25.0 Å². The smallest absolute Gasteiger partial charge is 0.334 e. The van der Waals surface area contributed by atoms with Crippen molar-refractivity contribution in [3.05, 3.63) is 34.9 Å². The minimum atomic E-state index is -1.03. The predicted octanol–water partition coefficient (Wildman–Crippen LogP) is 1.24. The third-order valence-corrected chi connectivity index (χ3v) is 3.66. The molecule has 0 aliphatic carbocycles. The van der Waals surface area contributed by atoms with E-state index in [2.05, 4.69) is 4.74 Å². The molecule has 1 heterocycles. The van der Waals surface area contributed by atoms with Crippen molar-refractivity contribution in [2.75, 3.05) is 19.7 Å². The van der Waals surface area contributed by atoms with Gasteiger partial charge in [-0.2, -0.15) is 0 Å². The molecule has 1 fully saturated rings. The van der Waals surface area contributed by atoms with Crippen molar-refractivity contribution in [3.8, 4) is 0 Å². The number of amides is 4. The van der Waals surface area contributed by atoms with Gasteiger partial charge in [0.05, 0.1) is 6.61 Å². The predicted molar refractivity (Wildman–Crippen MR) is 80.6 cm³/mol. The zero-order valence-electron chi connectivity index (χ0n) is 12.5. The van der Waals surface area contributed by atoms with E-state index in [0.29, 0.717) is 16.3 Å². The van der Waals surface area contributed by atoms with Gasteiger partial charge in [0.2, 0.25) is 0 Å². The van der Waals surface area contributed by atoms with Gasteiger partial charge < -0.3 is 4.74 Å². The van der Waals surface area contributed by atoms with Crippen molar-refractivity contribution in [3.63, 3.8) is 0 Å². The second-order valence-electron chi connectivity index (χ2n) is 4.78. The summed E-state index contributed by atoms with van der Waals surface area (Å²) in [7, 11) is 0. The number of carbonyl (C=O) groups is 4. The van der Waals surface area contributed by atoms with Crippen LogP contribution in [0.2, 0.25) is 5.02 Å². The normalized spacial score (nSPS) is 14.6. The summed E-state index contributed by atoms with van der Waals surface area (Å²) in [6.07, 6.45) is 0.317. The molecule has 1 aliphatic heterocycles. The molecule has 23 heavy (non-hydrogen) atoms. The molecule has 1 saturated heterocycles. The molecule has 2 rings (SSSR count). The topological polar surface area (TPSA) is 84.0 Å². The Hall–Kier alpha value is -2.41. The summed E-state index contributed by atoms with van der Waals surface area (Å²) in [6.45, 7) is 1.16. The Balaban J connectivity index is 2.04. The monoisotopic (exact) mass is 338 g/mol. The van der Waals surface area contributed by atoms with Crippen molar-refractivity contribution >= 4 is 35.4 Å². The van der Waals surface area contributed by atoms with Crippen molar-refractivity contribution in [2.45, 2.75) is 13.3 Å². The molecule has 0 atom stereocenters. The van der Waals surface area contributed by atoms with Crippen LogP contribution < -0.4 is 0 Å². The van der Waals surface area contributed by atoms with E-state index in [4.69, 9.17) is 11.6 Å². The van der Waals surface area contributed by atoms with Crippen molar-refractivity contribution < 1.29 is 23.9 Å². The SMILES string of the molecule is CCOC(=O)CN1C(=O)C(=O)N(CCc2ccccc2Cl)C1=O. The average molecular weight is 339 g/mol. The van der Waals surface area contributed by atoms with Gasteiger partial charge in [0.25, 0.3) is 0 Å². The van der Waals surface area contributed by atoms with E-state index in [-0.39, 0.29) is 13.2 Å². The number of benzene rings is 1. The van der Waals surface area contributed by atoms with Crippen LogP contribution in [-0.4, -0.2) is 53.3 Å². The second kappa shape index (κ2) is 7.23. The fourth-order valence-electron chi connectivity index (χ4n) is 2.16. The van der Waals surface area contributed by atoms with Crippen LogP contribution in [0.25, 0.3) is 0 Å². The van der Waals surface area contributed by atoms with Crippen molar-refractivity contribution in [1.29, 1.82) is 0 Å². The van der Waals surface area contributed by atoms with Crippen LogP contribution >= 0.6 is 11.6 Å². The molecule has 0 saturated carbocycles. The molecule has 1 aromatic carbocycles. The van der Waals surface area contributed by atoms with Gasteiger partial charge in [-0.25, -0.2) is 9.69 Å². The quantitative estimate of drug-likeness (QED) is 0.442. The summed E-state index contributed by atoms with van der Waals surface area (Å²) in [5.74, 6) is -2.72. The van der Waals surface area contributed by atoms with E-state index in [0.717, 1.165) is 10.5 Å². The Morgan fingerprint density at radius 3 is 2.43 bits per heavy atom. The fraction of sp³-hybridized carbons (Fsp3) is 0.333. The van der Waals surface area contributed by atoms with E-state index < -0.39 is 30.4 Å². The Bertz CT molecular complexity index is 661. The summed E-state index contributed by atoms with van der Waals surface area (Å²) >= 11 is 6.02. The minimum Gasteiger partial charge on any atom is -0.465 e. The molecule has 0 aromatic heterocycles. The highest BCUT2D eigenvalue weighted by Crippen LogP contribution is 2.18. The number of hydrogen-bond donors (Lipinski definition) is 0. The van der Waals surface area contributed by atoms with Gasteiger partial charge in [-0.15, -0.1) is 0 Å². The van der Waals surface area contributed by atoms with Crippen LogP contribution in [0.3, 0.4) is 0 Å². The molecule has 1 aromatic rings. The molecular weight excluding hydrogens is 324 g/mol. The van der Waals surface area contributed by atoms with Gasteiger partial charge in [0, 0.05) is 11.6 Å². The maximum absolute atomic E-state index is 12.1. The lowest BCUT2D eigenvalue weighted by Crippen LogP contribution is -2.38. The number of halogens is 1. The zero-order chi connectivity index (χ0) is 17.0. The van der Waals surface area contributed by atoms with E-state index in [1.165, 1.54) is 0 Å². The summed E-state index contributed by atoms with van der Waals surface area (Å²) in [5, 5.41) is 0.515. The number of esters is 1. The van der Waals surface area contributed by atoms with Gasteiger partial charge in [-0.3, -0.25) is 19.3 Å². The lowest BCUT2D eigenvalue weighted by molar-refractivity contribution is -0.148. The van der Waals surface area contributed by atoms with Gasteiger partial charge in [0.15, 0.2) is 0 Å². The highest BCUT2D eigenvalue weighted by molar-refractivity contribution is 6.45. The molecule has 0 N–H and O–H groups in total. The second-order valence-corrected chi connectivity index (χ2v) is 5.18. The first-order chi connectivity index (χ1) is 11.0. The van der Waals surface area contributed by atoms with Crippen LogP contribution in [0, 0.1) is 0 Å². The molecule has 122 valence electrons. The Kier molecular flexibility index (Phi) is 5.33. The lowest BCUT2D eigenvalue weighted by Gasteiger charge is -2.15. The number of nitrogens with zero attached hydrogens (tertiary/aromatic N) is 2. The lowest BCUT2D eigenvalue weighted by atomic mass is 10.1. The van der Waals surface area contributed by atoms with E-state index in [1.54, 1.807) is 31.2 Å². The maximum atomic E-state index is 12.1. The fourth-order valence-corrected chi connectivity index (χ4v) is 2.39. The molecular formula is C15H15ClN2O5. The number of ether oxygens (including phenoxy) is 1. The van der Waals surface area contributed by atoms with Crippen LogP contribution in [-0.2, 0) is 25.5 Å². The number of urea groups is 1. The van der Waals surface area contributed by atoms with Gasteiger partial charge in [0.1, 0.15) is 6.54 Å². The summed E-state index contributed by atoms with van der Waals surface area (Å²) < 4.78 is 4.68. The van der Waals surface area contributed by atoms with E-state index in [9.17, 15) is 19.2 Å². The first kappa shape index (κ1) is 17.0. The molecule has 0 unspecified atom stereocenters. The standard InChI is InChI=1S/C15H15ClN2O5/c1-2-23-12(19)9-18-14(21)13(20)17(15(18)22)8-7-10-5-3-4-6-11(10)16/h3-6H,2,7-9H2,1H3. The molecule has 0 bridgehead atoms. The van der Waals surface area contributed by atoms with Gasteiger partial charge in [-0.1, -0.05) is 29.8 Å². The third kappa shape index (κ3) is 3.68. The van der Waals surface area contributed by atoms with Crippen LogP contribution in [0.5, 0.6) is 0 Å². The largest absolute Gasteiger partial charge is 0.465 e. The summed E-state index contributed by atoms with van der Waals surface area (Å²) in [5.41, 5.74) is 0.756. The molecule has 1 aliphatic rings. The molecule has 0 radical (unpaired) electrons. The van der Waals surface area contributed by atoms with E-state index in [1.807, 2.05) is 0 Å². The number of carbonyl (C=O) groups excluding carboxylic acids is 4. The number of imide groups is 2. The summed E-state index contributed by atoms with van der Waals surface area (Å²) in [4.78, 5) is 48.7. The summed E-state index contributed by atoms with van der Waals surface area (Å²) in [6, 6.07) is 6.20. The maximum Gasteiger partial charge on any atom is 0.334 e. The number of rotatable bonds is 6. The Labute approximate surface area is 137 Å². The first-order valence-corrected chi connectivity index (χ1v) is 7.39. The molecule has 8 heteroatoms. The average Bonchev–Trinajstić information content (AvgIpc) is 2.71. The van der Waals surface area contributed by atoms with Crippen molar-refractivity contribution in [1.82, 2.24) is 9.80 Å². The van der Waals surface area contributed by atoms with Crippen LogP contribution in [0.1, 0.15) is 12.5 Å².